The smallest absolute Gasteiger partial charge is 0.266 e. The Hall–Kier alpha value is -1.68. The summed E-state index contributed by atoms with van der Waals surface area (Å²) >= 11 is 1.44. The SMILES string of the molecule is CN(C(=O)c1scnc1-c1ccccc1)C1CCCCC1. The monoisotopic (exact) mass is 300 g/mol. The van der Waals surface area contributed by atoms with E-state index in [-0.39, 0.29) is 5.91 Å². The first kappa shape index (κ1) is 14.3. The summed E-state index contributed by atoms with van der Waals surface area (Å²) in [6, 6.07) is 10.3. The summed E-state index contributed by atoms with van der Waals surface area (Å²) in [4.78, 5) is 19.9. The van der Waals surface area contributed by atoms with Crippen molar-refractivity contribution in [2.24, 2.45) is 0 Å². The van der Waals surface area contributed by atoms with Crippen LogP contribution in [0.15, 0.2) is 35.8 Å². The molecule has 0 radical (unpaired) electrons. The van der Waals surface area contributed by atoms with Crippen LogP contribution in [-0.2, 0) is 0 Å². The van der Waals surface area contributed by atoms with Gasteiger partial charge in [-0.05, 0) is 12.8 Å². The second-order valence-corrected chi connectivity index (χ2v) is 6.46. The Labute approximate surface area is 129 Å². The summed E-state index contributed by atoms with van der Waals surface area (Å²) in [6.45, 7) is 0. The number of thiazole rings is 1. The molecule has 0 unspecified atom stereocenters. The van der Waals surface area contributed by atoms with Crippen molar-refractivity contribution in [3.05, 3.63) is 40.7 Å². The van der Waals surface area contributed by atoms with Crippen LogP contribution in [0.3, 0.4) is 0 Å². The first-order valence-corrected chi connectivity index (χ1v) is 8.41. The van der Waals surface area contributed by atoms with E-state index in [0.29, 0.717) is 6.04 Å². The molecule has 110 valence electrons. The topological polar surface area (TPSA) is 33.2 Å². The molecule has 1 heterocycles. The largest absolute Gasteiger partial charge is 0.338 e. The van der Waals surface area contributed by atoms with E-state index in [2.05, 4.69) is 4.98 Å². The van der Waals surface area contributed by atoms with Crippen LogP contribution >= 0.6 is 11.3 Å². The molecule has 21 heavy (non-hydrogen) atoms. The van der Waals surface area contributed by atoms with E-state index in [9.17, 15) is 4.79 Å². The molecule has 1 fully saturated rings. The van der Waals surface area contributed by atoms with E-state index in [1.165, 1.54) is 30.6 Å². The van der Waals surface area contributed by atoms with Crippen LogP contribution in [0.4, 0.5) is 0 Å². The number of rotatable bonds is 3. The second-order valence-electron chi connectivity index (χ2n) is 5.60. The molecule has 0 saturated heterocycles. The Morgan fingerprint density at radius 3 is 2.62 bits per heavy atom. The predicted octanol–water partition coefficient (Wildman–Crippen LogP) is 4.21. The molecule has 1 aliphatic carbocycles. The lowest BCUT2D eigenvalue weighted by atomic mass is 9.94. The highest BCUT2D eigenvalue weighted by Gasteiger charge is 2.26. The van der Waals surface area contributed by atoms with Crippen molar-refractivity contribution in [2.45, 2.75) is 38.1 Å². The Kier molecular flexibility index (Phi) is 4.34. The first-order chi connectivity index (χ1) is 10.3. The molecule has 1 amide bonds. The lowest BCUT2D eigenvalue weighted by Gasteiger charge is -2.31. The molecule has 1 aliphatic rings. The van der Waals surface area contributed by atoms with Crippen molar-refractivity contribution in [3.8, 4) is 11.3 Å². The number of carbonyl (C=O) groups is 1. The lowest BCUT2D eigenvalue weighted by Crippen LogP contribution is -2.38. The summed E-state index contributed by atoms with van der Waals surface area (Å²) in [5, 5.41) is 0. The van der Waals surface area contributed by atoms with Gasteiger partial charge in [-0.1, -0.05) is 49.6 Å². The van der Waals surface area contributed by atoms with E-state index in [0.717, 1.165) is 29.0 Å². The average Bonchev–Trinajstić information content (AvgIpc) is 3.04. The number of aromatic nitrogens is 1. The highest BCUT2D eigenvalue weighted by atomic mass is 32.1. The molecular weight excluding hydrogens is 280 g/mol. The fourth-order valence-corrected chi connectivity index (χ4v) is 3.78. The third-order valence-corrected chi connectivity index (χ3v) is 5.07. The standard InChI is InChI=1S/C17H20N2OS/c1-19(14-10-6-3-7-11-14)17(20)16-15(18-12-21-16)13-8-4-2-5-9-13/h2,4-5,8-9,12,14H,3,6-7,10-11H2,1H3. The van der Waals surface area contributed by atoms with Gasteiger partial charge in [0.1, 0.15) is 4.88 Å². The van der Waals surface area contributed by atoms with E-state index >= 15 is 0 Å². The minimum absolute atomic E-state index is 0.114. The molecule has 0 spiro atoms. The van der Waals surface area contributed by atoms with Gasteiger partial charge in [0, 0.05) is 18.7 Å². The summed E-state index contributed by atoms with van der Waals surface area (Å²) in [5.41, 5.74) is 3.59. The van der Waals surface area contributed by atoms with E-state index in [1.54, 1.807) is 5.51 Å². The van der Waals surface area contributed by atoms with Gasteiger partial charge >= 0.3 is 0 Å². The maximum Gasteiger partial charge on any atom is 0.266 e. The number of carbonyl (C=O) groups excluding carboxylic acids is 1. The fraction of sp³-hybridized carbons (Fsp3) is 0.412. The molecule has 1 aromatic heterocycles. The molecule has 1 aromatic carbocycles. The van der Waals surface area contributed by atoms with Gasteiger partial charge in [0.15, 0.2) is 0 Å². The Morgan fingerprint density at radius 2 is 1.90 bits per heavy atom. The van der Waals surface area contributed by atoms with Crippen molar-refractivity contribution >= 4 is 17.2 Å². The van der Waals surface area contributed by atoms with Crippen LogP contribution in [0.2, 0.25) is 0 Å². The molecule has 1 saturated carbocycles. The zero-order valence-electron chi connectivity index (χ0n) is 12.3. The van der Waals surface area contributed by atoms with Crippen LogP contribution in [0, 0.1) is 0 Å². The van der Waals surface area contributed by atoms with Gasteiger partial charge in [0.25, 0.3) is 5.91 Å². The second kappa shape index (κ2) is 6.39. The molecule has 2 aromatic rings. The zero-order chi connectivity index (χ0) is 14.7. The summed E-state index contributed by atoms with van der Waals surface area (Å²) in [5.74, 6) is 0.114. The number of hydrogen-bond donors (Lipinski definition) is 0. The van der Waals surface area contributed by atoms with Crippen molar-refractivity contribution < 1.29 is 4.79 Å². The minimum Gasteiger partial charge on any atom is -0.338 e. The van der Waals surface area contributed by atoms with E-state index in [4.69, 9.17) is 0 Å². The van der Waals surface area contributed by atoms with Crippen molar-refractivity contribution in [1.29, 1.82) is 0 Å². The fourth-order valence-electron chi connectivity index (χ4n) is 2.99. The van der Waals surface area contributed by atoms with Crippen LogP contribution in [-0.4, -0.2) is 28.9 Å². The molecular formula is C17H20N2OS. The number of nitrogens with zero attached hydrogens (tertiary/aromatic N) is 2. The summed E-state index contributed by atoms with van der Waals surface area (Å²) < 4.78 is 0. The normalized spacial score (nSPS) is 15.9. The van der Waals surface area contributed by atoms with Gasteiger partial charge in [0.05, 0.1) is 11.2 Å². The number of benzene rings is 1. The highest BCUT2D eigenvalue weighted by molar-refractivity contribution is 7.12. The molecule has 3 rings (SSSR count). The Bertz CT molecular complexity index is 602. The third kappa shape index (κ3) is 3.00. The zero-order valence-corrected chi connectivity index (χ0v) is 13.1. The van der Waals surface area contributed by atoms with E-state index in [1.807, 2.05) is 42.3 Å². The maximum atomic E-state index is 12.8. The van der Waals surface area contributed by atoms with Crippen LogP contribution in [0.1, 0.15) is 41.8 Å². The Balaban J connectivity index is 1.84. The highest BCUT2D eigenvalue weighted by Crippen LogP contribution is 2.29. The molecule has 0 bridgehead atoms. The number of hydrogen-bond acceptors (Lipinski definition) is 3. The van der Waals surface area contributed by atoms with Crippen molar-refractivity contribution in [1.82, 2.24) is 9.88 Å². The maximum absolute atomic E-state index is 12.8. The number of amides is 1. The summed E-state index contributed by atoms with van der Waals surface area (Å²) in [7, 11) is 1.94. The van der Waals surface area contributed by atoms with Gasteiger partial charge in [-0.2, -0.15) is 0 Å². The quantitative estimate of drug-likeness (QED) is 0.850. The van der Waals surface area contributed by atoms with Gasteiger partial charge in [-0.15, -0.1) is 11.3 Å². The molecule has 0 aliphatic heterocycles. The van der Waals surface area contributed by atoms with Crippen LogP contribution < -0.4 is 0 Å². The molecule has 3 nitrogen and oxygen atoms in total. The van der Waals surface area contributed by atoms with Crippen molar-refractivity contribution in [3.63, 3.8) is 0 Å². The minimum atomic E-state index is 0.114. The van der Waals surface area contributed by atoms with Crippen LogP contribution in [0.25, 0.3) is 11.3 Å². The van der Waals surface area contributed by atoms with Gasteiger partial charge < -0.3 is 4.90 Å². The van der Waals surface area contributed by atoms with Gasteiger partial charge in [-0.3, -0.25) is 4.79 Å². The third-order valence-electron chi connectivity index (χ3n) is 4.25. The molecule has 4 heteroatoms. The van der Waals surface area contributed by atoms with Gasteiger partial charge in [0.2, 0.25) is 0 Å². The van der Waals surface area contributed by atoms with Crippen LogP contribution in [0.5, 0.6) is 0 Å². The molecule has 0 atom stereocenters. The lowest BCUT2D eigenvalue weighted by molar-refractivity contribution is 0.0701. The Morgan fingerprint density at radius 1 is 1.19 bits per heavy atom. The average molecular weight is 300 g/mol. The first-order valence-electron chi connectivity index (χ1n) is 7.53. The van der Waals surface area contributed by atoms with Crippen molar-refractivity contribution in [2.75, 3.05) is 7.05 Å². The van der Waals surface area contributed by atoms with Gasteiger partial charge in [-0.25, -0.2) is 4.98 Å². The molecule has 0 N–H and O–H groups in total. The summed E-state index contributed by atoms with van der Waals surface area (Å²) in [6.07, 6.45) is 6.02. The van der Waals surface area contributed by atoms with E-state index < -0.39 is 0 Å². The predicted molar refractivity (Wildman–Crippen MR) is 86.5 cm³/mol.